The first-order chi connectivity index (χ1) is 9.82. The molecule has 0 aliphatic carbocycles. The number of primary sulfonamides is 1. The molecule has 2 rings (SSSR count). The van der Waals surface area contributed by atoms with E-state index in [2.05, 4.69) is 0 Å². The first-order valence-electron chi connectivity index (χ1n) is 6.54. The van der Waals surface area contributed by atoms with Gasteiger partial charge in [-0.15, -0.1) is 0 Å². The minimum Gasteiger partial charge on any atom is -0.396 e. The molecule has 7 nitrogen and oxygen atoms in total. The van der Waals surface area contributed by atoms with Crippen molar-refractivity contribution >= 4 is 15.9 Å². The number of nitrogens with zero attached hydrogens (tertiary/aromatic N) is 1. The van der Waals surface area contributed by atoms with Gasteiger partial charge in [0.2, 0.25) is 10.0 Å². The normalized spacial score (nSPS) is 23.1. The van der Waals surface area contributed by atoms with E-state index in [0.29, 0.717) is 18.5 Å². The Hall–Kier alpha value is -1.48. The molecule has 1 aromatic rings. The summed E-state index contributed by atoms with van der Waals surface area (Å²) in [5, 5.41) is 23.9. The molecule has 0 bridgehead atoms. The van der Waals surface area contributed by atoms with Crippen molar-refractivity contribution in [2.45, 2.75) is 17.4 Å². The summed E-state index contributed by atoms with van der Waals surface area (Å²) in [7, 11) is -3.78. The second-order valence-electron chi connectivity index (χ2n) is 5.12. The summed E-state index contributed by atoms with van der Waals surface area (Å²) in [4.78, 5) is 13.7. The Morgan fingerprint density at radius 1 is 1.33 bits per heavy atom. The lowest BCUT2D eigenvalue weighted by Crippen LogP contribution is -2.47. The Kier molecular flexibility index (Phi) is 4.62. The second-order valence-corrected chi connectivity index (χ2v) is 6.68. The fourth-order valence-corrected chi connectivity index (χ4v) is 2.86. The van der Waals surface area contributed by atoms with Gasteiger partial charge in [0.25, 0.3) is 5.91 Å². The van der Waals surface area contributed by atoms with Crippen LogP contribution < -0.4 is 5.14 Å². The van der Waals surface area contributed by atoms with E-state index < -0.39 is 16.1 Å². The summed E-state index contributed by atoms with van der Waals surface area (Å²) < 4.78 is 22.3. The third-order valence-electron chi connectivity index (χ3n) is 3.67. The molecule has 4 N–H and O–H groups in total. The highest BCUT2D eigenvalue weighted by Crippen LogP contribution is 2.19. The predicted octanol–water partition coefficient (Wildman–Crippen LogP) is -0.851. The molecule has 1 aliphatic heterocycles. The highest BCUT2D eigenvalue weighted by molar-refractivity contribution is 7.89. The smallest absolute Gasteiger partial charge is 0.253 e. The van der Waals surface area contributed by atoms with Gasteiger partial charge >= 0.3 is 0 Å². The first-order valence-corrected chi connectivity index (χ1v) is 8.08. The molecular weight excluding hydrogens is 296 g/mol. The molecule has 0 spiro atoms. The maximum Gasteiger partial charge on any atom is 0.253 e. The van der Waals surface area contributed by atoms with Crippen LogP contribution in [0.4, 0.5) is 0 Å². The summed E-state index contributed by atoms with van der Waals surface area (Å²) in [6, 6.07) is 5.35. The number of carbonyl (C=O) groups excluding carboxylic acids is 1. The van der Waals surface area contributed by atoms with Crippen LogP contribution in [0.1, 0.15) is 16.8 Å². The van der Waals surface area contributed by atoms with Gasteiger partial charge in [-0.2, -0.15) is 0 Å². The maximum atomic E-state index is 12.3. The van der Waals surface area contributed by atoms with Crippen LogP contribution in [0.5, 0.6) is 0 Å². The van der Waals surface area contributed by atoms with E-state index in [4.69, 9.17) is 10.2 Å². The minimum atomic E-state index is -3.78. The van der Waals surface area contributed by atoms with Crippen LogP contribution in [-0.4, -0.2) is 55.2 Å². The Labute approximate surface area is 123 Å². The van der Waals surface area contributed by atoms with Gasteiger partial charge in [-0.05, 0) is 30.7 Å². The van der Waals surface area contributed by atoms with E-state index >= 15 is 0 Å². The van der Waals surface area contributed by atoms with E-state index in [1.165, 1.54) is 29.2 Å². The zero-order chi connectivity index (χ0) is 15.6. The summed E-state index contributed by atoms with van der Waals surface area (Å²) in [5.74, 6) is -0.495. The first kappa shape index (κ1) is 15.9. The molecule has 8 heteroatoms. The van der Waals surface area contributed by atoms with Crippen molar-refractivity contribution in [1.82, 2.24) is 4.90 Å². The Bertz CT molecular complexity index is 614. The van der Waals surface area contributed by atoms with Gasteiger partial charge in [-0.3, -0.25) is 4.79 Å². The molecule has 1 heterocycles. The van der Waals surface area contributed by atoms with Crippen LogP contribution in [0.2, 0.25) is 0 Å². The van der Waals surface area contributed by atoms with Crippen LogP contribution in [0.3, 0.4) is 0 Å². The lowest BCUT2D eigenvalue weighted by molar-refractivity contribution is 0.000875. The number of rotatable bonds is 3. The predicted molar refractivity (Wildman–Crippen MR) is 74.9 cm³/mol. The fourth-order valence-electron chi connectivity index (χ4n) is 2.35. The lowest BCUT2D eigenvalue weighted by atomic mass is 9.94. The van der Waals surface area contributed by atoms with Crippen molar-refractivity contribution < 1.29 is 23.4 Å². The van der Waals surface area contributed by atoms with Gasteiger partial charge in [0.05, 0.1) is 11.0 Å². The summed E-state index contributed by atoms with van der Waals surface area (Å²) in [5.41, 5.74) is 0.331. The van der Waals surface area contributed by atoms with E-state index in [-0.39, 0.29) is 29.9 Å². The number of β-amino-alcohol motifs (C(OH)–C–C–N with tert-alkyl or cyclic N) is 1. The third kappa shape index (κ3) is 3.59. The number of aliphatic hydroxyl groups is 2. The number of likely N-dealkylation sites (tertiary alicyclic amines) is 1. The number of carbonyl (C=O) groups is 1. The van der Waals surface area contributed by atoms with Crippen LogP contribution >= 0.6 is 0 Å². The number of hydrogen-bond donors (Lipinski definition) is 3. The average Bonchev–Trinajstić information content (AvgIpc) is 2.45. The van der Waals surface area contributed by atoms with Gasteiger partial charge < -0.3 is 15.1 Å². The Morgan fingerprint density at radius 2 is 1.95 bits per heavy atom. The zero-order valence-corrected chi connectivity index (χ0v) is 12.2. The standard InChI is InChI=1S/C13H18N2O5S/c14-21(19,20)11-3-1-9(2-4-11)13(18)15-6-5-10(8-16)12(17)7-15/h1-4,10,12,16-17H,5-8H2,(H2,14,19,20)/t10-,12+/m1/s1. The van der Waals surface area contributed by atoms with Crippen LogP contribution in [0.15, 0.2) is 29.2 Å². The van der Waals surface area contributed by atoms with Crippen LogP contribution in [0.25, 0.3) is 0 Å². The van der Waals surface area contributed by atoms with Crippen molar-refractivity contribution in [3.05, 3.63) is 29.8 Å². The molecule has 0 saturated carbocycles. The molecule has 1 fully saturated rings. The number of benzene rings is 1. The van der Waals surface area contributed by atoms with Gasteiger partial charge in [-0.25, -0.2) is 13.6 Å². The fraction of sp³-hybridized carbons (Fsp3) is 0.462. The SMILES string of the molecule is NS(=O)(=O)c1ccc(C(=O)N2CC[C@H](CO)[C@@H](O)C2)cc1. The van der Waals surface area contributed by atoms with Crippen molar-refractivity contribution in [1.29, 1.82) is 0 Å². The number of hydrogen-bond acceptors (Lipinski definition) is 5. The highest BCUT2D eigenvalue weighted by Gasteiger charge is 2.30. The molecular formula is C13H18N2O5S. The van der Waals surface area contributed by atoms with Crippen molar-refractivity contribution in [3.8, 4) is 0 Å². The van der Waals surface area contributed by atoms with Gasteiger partial charge in [-0.1, -0.05) is 0 Å². The second kappa shape index (κ2) is 6.10. The summed E-state index contributed by atoms with van der Waals surface area (Å²) >= 11 is 0. The maximum absolute atomic E-state index is 12.3. The van der Waals surface area contributed by atoms with E-state index in [1.54, 1.807) is 0 Å². The molecule has 1 saturated heterocycles. The van der Waals surface area contributed by atoms with Gasteiger partial charge in [0.15, 0.2) is 0 Å². The van der Waals surface area contributed by atoms with Crippen molar-refractivity contribution in [3.63, 3.8) is 0 Å². The summed E-state index contributed by atoms with van der Waals surface area (Å²) in [6.07, 6.45) is -0.227. The van der Waals surface area contributed by atoms with Crippen LogP contribution in [-0.2, 0) is 10.0 Å². The number of aliphatic hydroxyl groups excluding tert-OH is 2. The molecule has 0 unspecified atom stereocenters. The monoisotopic (exact) mass is 314 g/mol. The minimum absolute atomic E-state index is 0.0573. The van der Waals surface area contributed by atoms with Crippen molar-refractivity contribution in [2.24, 2.45) is 11.1 Å². The Balaban J connectivity index is 2.11. The molecule has 21 heavy (non-hydrogen) atoms. The Morgan fingerprint density at radius 3 is 2.43 bits per heavy atom. The molecule has 1 aliphatic rings. The lowest BCUT2D eigenvalue weighted by Gasteiger charge is -2.35. The molecule has 1 aromatic carbocycles. The quantitative estimate of drug-likeness (QED) is 0.671. The molecule has 0 aromatic heterocycles. The topological polar surface area (TPSA) is 121 Å². The number of piperidine rings is 1. The molecule has 116 valence electrons. The van der Waals surface area contributed by atoms with E-state index in [0.717, 1.165) is 0 Å². The average molecular weight is 314 g/mol. The molecule has 0 radical (unpaired) electrons. The summed E-state index contributed by atoms with van der Waals surface area (Å²) in [6.45, 7) is 0.491. The van der Waals surface area contributed by atoms with Gasteiger partial charge in [0.1, 0.15) is 0 Å². The van der Waals surface area contributed by atoms with E-state index in [1.807, 2.05) is 0 Å². The number of nitrogens with two attached hydrogens (primary N) is 1. The van der Waals surface area contributed by atoms with Crippen molar-refractivity contribution in [2.75, 3.05) is 19.7 Å². The third-order valence-corrected chi connectivity index (χ3v) is 4.60. The van der Waals surface area contributed by atoms with Crippen LogP contribution in [0, 0.1) is 5.92 Å². The number of sulfonamides is 1. The highest BCUT2D eigenvalue weighted by atomic mass is 32.2. The zero-order valence-electron chi connectivity index (χ0n) is 11.3. The van der Waals surface area contributed by atoms with E-state index in [9.17, 15) is 18.3 Å². The largest absolute Gasteiger partial charge is 0.396 e. The molecule has 2 atom stereocenters. The van der Waals surface area contributed by atoms with Gasteiger partial charge in [0, 0.05) is 31.2 Å². The molecule has 1 amide bonds. The number of amides is 1.